The van der Waals surface area contributed by atoms with Crippen LogP contribution in [-0.2, 0) is 6.42 Å². The lowest BCUT2D eigenvalue weighted by Gasteiger charge is -2.18. The summed E-state index contributed by atoms with van der Waals surface area (Å²) < 4.78 is 0. The average molecular weight is 316 g/mol. The average Bonchev–Trinajstić information content (AvgIpc) is 2.53. The number of aryl methyl sites for hydroxylation is 1. The molecule has 6 heteroatoms. The van der Waals surface area contributed by atoms with Gasteiger partial charge in [0.1, 0.15) is 11.6 Å². The zero-order valence-electron chi connectivity index (χ0n) is 13.8. The lowest BCUT2D eigenvalue weighted by Crippen LogP contribution is -2.26. The summed E-state index contributed by atoms with van der Waals surface area (Å²) in [5, 5.41) is 12.6. The Labute approximate surface area is 136 Å². The second-order valence-electron chi connectivity index (χ2n) is 6.02. The van der Waals surface area contributed by atoms with Crippen molar-refractivity contribution in [3.63, 3.8) is 0 Å². The van der Waals surface area contributed by atoms with Gasteiger partial charge in [-0.2, -0.15) is 0 Å². The highest BCUT2D eigenvalue weighted by Crippen LogP contribution is 2.16. The van der Waals surface area contributed by atoms with Crippen LogP contribution in [0.25, 0.3) is 11.4 Å². The van der Waals surface area contributed by atoms with Gasteiger partial charge in [0.15, 0.2) is 0 Å². The third-order valence-electron chi connectivity index (χ3n) is 3.52. The minimum atomic E-state index is -0.161. The van der Waals surface area contributed by atoms with Crippen molar-refractivity contribution >= 4 is 5.82 Å². The number of anilines is 1. The monoisotopic (exact) mass is 316 g/mol. The number of aromatic nitrogens is 3. The molecule has 2 aromatic heterocycles. The quantitative estimate of drug-likeness (QED) is 0.728. The Bertz CT molecular complexity index is 680. The van der Waals surface area contributed by atoms with E-state index in [-0.39, 0.29) is 18.2 Å². The molecule has 0 aliphatic carbocycles. The predicted octanol–water partition coefficient (Wildman–Crippen LogP) is 2.21. The molecule has 0 amide bonds. The highest BCUT2D eigenvalue weighted by Gasteiger charge is 2.10. The molecule has 0 unspecified atom stereocenters. The van der Waals surface area contributed by atoms with E-state index in [2.05, 4.69) is 34.1 Å². The normalized spacial score (nSPS) is 12.4. The molecule has 0 aliphatic rings. The molecule has 0 spiro atoms. The Morgan fingerprint density at radius 1 is 1.35 bits per heavy atom. The summed E-state index contributed by atoms with van der Waals surface area (Å²) in [6, 6.07) is 5.17. The number of nitrogens with one attached hydrogen (secondary N) is 2. The van der Waals surface area contributed by atoms with Crippen LogP contribution in [0, 0.1) is 5.92 Å². The Balaban J connectivity index is 2.16. The first-order chi connectivity index (χ1) is 11.0. The maximum absolute atomic E-state index is 11.6. The minimum absolute atomic E-state index is 0.0188. The maximum Gasteiger partial charge on any atom is 0.251 e. The first-order valence-electron chi connectivity index (χ1n) is 7.95. The molecule has 0 saturated carbocycles. The number of nitrogens with zero attached hydrogens (tertiary/aromatic N) is 2. The molecule has 2 rings (SSSR count). The number of aromatic amines is 1. The third-order valence-corrected chi connectivity index (χ3v) is 3.52. The lowest BCUT2D eigenvalue weighted by atomic mass is 10.0. The van der Waals surface area contributed by atoms with Gasteiger partial charge in [0.25, 0.3) is 5.56 Å². The van der Waals surface area contributed by atoms with E-state index in [4.69, 9.17) is 0 Å². The molecular formula is C17H24N4O2. The van der Waals surface area contributed by atoms with Crippen molar-refractivity contribution in [3.8, 4) is 11.4 Å². The summed E-state index contributed by atoms with van der Waals surface area (Å²) in [4.78, 5) is 23.1. The summed E-state index contributed by atoms with van der Waals surface area (Å²) >= 11 is 0. The van der Waals surface area contributed by atoms with E-state index in [1.807, 2.05) is 19.1 Å². The third kappa shape index (κ3) is 4.89. The van der Waals surface area contributed by atoms with E-state index in [1.165, 1.54) is 6.07 Å². The van der Waals surface area contributed by atoms with Crippen LogP contribution in [0.4, 0.5) is 5.82 Å². The molecule has 0 saturated heterocycles. The Morgan fingerprint density at radius 2 is 2.13 bits per heavy atom. The van der Waals surface area contributed by atoms with Crippen LogP contribution in [0.1, 0.15) is 32.9 Å². The number of aliphatic hydroxyl groups is 1. The topological polar surface area (TPSA) is 90.9 Å². The zero-order chi connectivity index (χ0) is 16.8. The molecule has 2 aromatic rings. The van der Waals surface area contributed by atoms with E-state index in [0.717, 1.165) is 17.7 Å². The molecule has 2 heterocycles. The summed E-state index contributed by atoms with van der Waals surface area (Å²) in [5.74, 6) is 1.71. The molecule has 6 nitrogen and oxygen atoms in total. The second kappa shape index (κ2) is 7.87. The molecule has 0 fully saturated rings. The van der Waals surface area contributed by atoms with Gasteiger partial charge in [-0.15, -0.1) is 0 Å². The van der Waals surface area contributed by atoms with E-state index in [9.17, 15) is 9.90 Å². The SMILES string of the molecule is CCc1cc(=O)[nH]c(-c2ccc(N[C@@H](CO)CC(C)C)nc2)n1. The molecular weight excluding hydrogens is 292 g/mol. The first kappa shape index (κ1) is 17.1. The van der Waals surface area contributed by atoms with Crippen molar-refractivity contribution in [2.24, 2.45) is 5.92 Å². The van der Waals surface area contributed by atoms with Gasteiger partial charge in [0, 0.05) is 23.5 Å². The van der Waals surface area contributed by atoms with Gasteiger partial charge in [0.2, 0.25) is 0 Å². The van der Waals surface area contributed by atoms with E-state index in [1.54, 1.807) is 6.20 Å². The first-order valence-corrected chi connectivity index (χ1v) is 7.95. The molecule has 0 radical (unpaired) electrons. The van der Waals surface area contributed by atoms with Gasteiger partial charge in [-0.05, 0) is 30.9 Å². The van der Waals surface area contributed by atoms with Crippen LogP contribution in [0.15, 0.2) is 29.2 Å². The van der Waals surface area contributed by atoms with Crippen molar-refractivity contribution in [1.29, 1.82) is 0 Å². The van der Waals surface area contributed by atoms with Crippen LogP contribution in [-0.4, -0.2) is 32.7 Å². The van der Waals surface area contributed by atoms with Crippen LogP contribution in [0.2, 0.25) is 0 Å². The molecule has 0 aliphatic heterocycles. The zero-order valence-corrected chi connectivity index (χ0v) is 13.8. The van der Waals surface area contributed by atoms with E-state index >= 15 is 0 Å². The summed E-state index contributed by atoms with van der Waals surface area (Å²) in [7, 11) is 0. The van der Waals surface area contributed by atoms with Gasteiger partial charge in [-0.1, -0.05) is 20.8 Å². The standard InChI is InChI=1S/C17H24N4O2/c1-4-13-8-16(23)21-17(20-13)12-5-6-15(18-9-12)19-14(10-22)7-11(2)3/h5-6,8-9,11,14,22H,4,7,10H2,1-3H3,(H,18,19)(H,20,21,23)/t14-/m1/s1. The van der Waals surface area contributed by atoms with E-state index in [0.29, 0.717) is 24.0 Å². The smallest absolute Gasteiger partial charge is 0.251 e. The molecule has 124 valence electrons. The molecule has 0 bridgehead atoms. The Hall–Kier alpha value is -2.21. The number of aliphatic hydroxyl groups excluding tert-OH is 1. The molecule has 1 atom stereocenters. The number of hydrogen-bond donors (Lipinski definition) is 3. The van der Waals surface area contributed by atoms with Gasteiger partial charge >= 0.3 is 0 Å². The van der Waals surface area contributed by atoms with Crippen LogP contribution < -0.4 is 10.9 Å². The van der Waals surface area contributed by atoms with Crippen molar-refractivity contribution in [3.05, 3.63) is 40.4 Å². The van der Waals surface area contributed by atoms with Gasteiger partial charge in [-0.25, -0.2) is 9.97 Å². The highest BCUT2D eigenvalue weighted by atomic mass is 16.3. The number of pyridine rings is 1. The molecule has 23 heavy (non-hydrogen) atoms. The fraction of sp³-hybridized carbons (Fsp3) is 0.471. The van der Waals surface area contributed by atoms with Crippen LogP contribution in [0.3, 0.4) is 0 Å². The fourth-order valence-corrected chi connectivity index (χ4v) is 2.40. The van der Waals surface area contributed by atoms with Crippen molar-refractivity contribution in [2.75, 3.05) is 11.9 Å². The van der Waals surface area contributed by atoms with Crippen molar-refractivity contribution < 1.29 is 5.11 Å². The highest BCUT2D eigenvalue weighted by molar-refractivity contribution is 5.56. The van der Waals surface area contributed by atoms with Crippen molar-refractivity contribution in [2.45, 2.75) is 39.7 Å². The van der Waals surface area contributed by atoms with Gasteiger partial charge in [-0.3, -0.25) is 4.79 Å². The Morgan fingerprint density at radius 3 is 2.70 bits per heavy atom. The lowest BCUT2D eigenvalue weighted by molar-refractivity contribution is 0.259. The minimum Gasteiger partial charge on any atom is -0.394 e. The molecule has 3 N–H and O–H groups in total. The summed E-state index contributed by atoms with van der Waals surface area (Å²) in [5.41, 5.74) is 1.35. The predicted molar refractivity (Wildman–Crippen MR) is 91.4 cm³/mol. The van der Waals surface area contributed by atoms with Gasteiger partial charge < -0.3 is 15.4 Å². The number of rotatable bonds is 7. The Kier molecular flexibility index (Phi) is 5.87. The fourth-order valence-electron chi connectivity index (χ4n) is 2.40. The van der Waals surface area contributed by atoms with Crippen molar-refractivity contribution in [1.82, 2.24) is 15.0 Å². The van der Waals surface area contributed by atoms with E-state index < -0.39 is 0 Å². The van der Waals surface area contributed by atoms with Gasteiger partial charge in [0.05, 0.1) is 12.6 Å². The van der Waals surface area contributed by atoms with Crippen LogP contribution in [0.5, 0.6) is 0 Å². The maximum atomic E-state index is 11.6. The van der Waals surface area contributed by atoms with Crippen LogP contribution >= 0.6 is 0 Å². The second-order valence-corrected chi connectivity index (χ2v) is 6.02. The number of H-pyrrole nitrogens is 1. The summed E-state index contributed by atoms with van der Waals surface area (Å²) in [6.07, 6.45) is 3.24. The summed E-state index contributed by atoms with van der Waals surface area (Å²) in [6.45, 7) is 6.25. The largest absolute Gasteiger partial charge is 0.394 e. The molecule has 0 aromatic carbocycles. The number of hydrogen-bond acceptors (Lipinski definition) is 5.